The molecule has 1 heterocycles. The molecule has 6 nitrogen and oxygen atoms in total. The number of halogens is 1. The van der Waals surface area contributed by atoms with Crippen LogP contribution in [0.3, 0.4) is 0 Å². The third-order valence-corrected chi connectivity index (χ3v) is 4.35. The predicted molar refractivity (Wildman–Crippen MR) is 93.1 cm³/mol. The van der Waals surface area contributed by atoms with E-state index in [9.17, 15) is 9.59 Å². The van der Waals surface area contributed by atoms with E-state index in [1.165, 1.54) is 0 Å². The molecule has 0 aliphatic carbocycles. The molecule has 132 valence electrons. The number of benzene rings is 1. The van der Waals surface area contributed by atoms with Gasteiger partial charge >= 0.3 is 0 Å². The molecular weight excluding hydrogens is 330 g/mol. The lowest BCUT2D eigenvalue weighted by Crippen LogP contribution is -2.49. The van der Waals surface area contributed by atoms with Crippen molar-refractivity contribution in [2.24, 2.45) is 0 Å². The molecule has 1 aromatic rings. The third-order valence-electron chi connectivity index (χ3n) is 4.10. The average Bonchev–Trinajstić information content (AvgIpc) is 2.60. The molecule has 0 aromatic heterocycles. The van der Waals surface area contributed by atoms with Gasteiger partial charge in [-0.1, -0.05) is 11.6 Å². The normalized spacial score (nSPS) is 15.3. The number of carbonyl (C=O) groups excluding carboxylic acids is 2. The Kier molecular flexibility index (Phi) is 7.49. The Morgan fingerprint density at radius 3 is 2.42 bits per heavy atom. The summed E-state index contributed by atoms with van der Waals surface area (Å²) < 4.78 is 0. The van der Waals surface area contributed by atoms with Crippen LogP contribution in [-0.4, -0.2) is 72.6 Å². The number of piperazine rings is 1. The van der Waals surface area contributed by atoms with Crippen molar-refractivity contribution in [1.29, 1.82) is 0 Å². The summed E-state index contributed by atoms with van der Waals surface area (Å²) in [6, 6.07) is 6.70. The second-order valence-corrected chi connectivity index (χ2v) is 6.25. The lowest BCUT2D eigenvalue weighted by Gasteiger charge is -2.34. The highest BCUT2D eigenvalue weighted by Gasteiger charge is 2.20. The van der Waals surface area contributed by atoms with Gasteiger partial charge in [-0.15, -0.1) is 0 Å². The van der Waals surface area contributed by atoms with E-state index in [1.54, 1.807) is 24.3 Å². The number of rotatable bonds is 7. The van der Waals surface area contributed by atoms with Crippen LogP contribution in [0.25, 0.3) is 0 Å². The number of aliphatic hydroxyl groups excluding tert-OH is 1. The second-order valence-electron chi connectivity index (χ2n) is 5.81. The van der Waals surface area contributed by atoms with Gasteiger partial charge in [0.25, 0.3) is 5.91 Å². The van der Waals surface area contributed by atoms with Crippen LogP contribution < -0.4 is 5.32 Å². The maximum absolute atomic E-state index is 12.1. The standard InChI is InChI=1S/C17H24ClN3O3/c18-15-5-3-14(4-6-15)17(24)19-7-1-2-16(23)21-10-8-20(9-11-21)12-13-22/h3-6,22H,1-2,7-13H2,(H,19,24). The second kappa shape index (κ2) is 9.61. The van der Waals surface area contributed by atoms with Crippen LogP contribution in [0.15, 0.2) is 24.3 Å². The molecular formula is C17H24ClN3O3. The van der Waals surface area contributed by atoms with E-state index in [4.69, 9.17) is 16.7 Å². The molecule has 0 atom stereocenters. The van der Waals surface area contributed by atoms with Gasteiger partial charge in [-0.05, 0) is 30.7 Å². The van der Waals surface area contributed by atoms with E-state index < -0.39 is 0 Å². The Balaban J connectivity index is 1.62. The number of aliphatic hydroxyl groups is 1. The molecule has 0 saturated carbocycles. The quantitative estimate of drug-likeness (QED) is 0.717. The number of nitrogens with one attached hydrogen (secondary N) is 1. The number of hydrogen-bond acceptors (Lipinski definition) is 4. The van der Waals surface area contributed by atoms with E-state index in [0.29, 0.717) is 49.6 Å². The highest BCUT2D eigenvalue weighted by Crippen LogP contribution is 2.09. The molecule has 24 heavy (non-hydrogen) atoms. The van der Waals surface area contributed by atoms with Crippen molar-refractivity contribution >= 4 is 23.4 Å². The highest BCUT2D eigenvalue weighted by molar-refractivity contribution is 6.30. The van der Waals surface area contributed by atoms with Crippen molar-refractivity contribution in [3.05, 3.63) is 34.9 Å². The number of hydrogen-bond donors (Lipinski definition) is 2. The molecule has 0 radical (unpaired) electrons. The predicted octanol–water partition coefficient (Wildman–Crippen LogP) is 0.987. The Morgan fingerprint density at radius 2 is 1.79 bits per heavy atom. The number of nitrogens with zero attached hydrogens (tertiary/aromatic N) is 2. The van der Waals surface area contributed by atoms with E-state index in [-0.39, 0.29) is 18.4 Å². The zero-order valence-corrected chi connectivity index (χ0v) is 14.5. The largest absolute Gasteiger partial charge is 0.395 e. The van der Waals surface area contributed by atoms with Crippen LogP contribution in [0.5, 0.6) is 0 Å². The zero-order chi connectivity index (χ0) is 17.4. The van der Waals surface area contributed by atoms with Crippen LogP contribution in [0.1, 0.15) is 23.2 Å². The molecule has 0 bridgehead atoms. The summed E-state index contributed by atoms with van der Waals surface area (Å²) >= 11 is 5.79. The fraction of sp³-hybridized carbons (Fsp3) is 0.529. The smallest absolute Gasteiger partial charge is 0.251 e. The minimum absolute atomic E-state index is 0.124. The summed E-state index contributed by atoms with van der Waals surface area (Å²) in [6.07, 6.45) is 1.05. The van der Waals surface area contributed by atoms with Crippen molar-refractivity contribution in [3.8, 4) is 0 Å². The van der Waals surface area contributed by atoms with Gasteiger partial charge in [-0.3, -0.25) is 14.5 Å². The van der Waals surface area contributed by atoms with Crippen molar-refractivity contribution < 1.29 is 14.7 Å². The molecule has 1 aromatic carbocycles. The fourth-order valence-electron chi connectivity index (χ4n) is 2.67. The molecule has 1 saturated heterocycles. The molecule has 2 rings (SSSR count). The SMILES string of the molecule is O=C(NCCCC(=O)N1CCN(CCO)CC1)c1ccc(Cl)cc1. The summed E-state index contributed by atoms with van der Waals surface area (Å²) in [6.45, 7) is 4.31. The summed E-state index contributed by atoms with van der Waals surface area (Å²) in [5.41, 5.74) is 0.561. The maximum Gasteiger partial charge on any atom is 0.251 e. The van der Waals surface area contributed by atoms with Gasteiger partial charge in [0, 0.05) is 56.3 Å². The third kappa shape index (κ3) is 5.78. The van der Waals surface area contributed by atoms with E-state index in [0.717, 1.165) is 13.1 Å². The van der Waals surface area contributed by atoms with E-state index in [1.807, 2.05) is 4.90 Å². The average molecular weight is 354 g/mol. The first-order valence-electron chi connectivity index (χ1n) is 8.25. The molecule has 1 aliphatic rings. The molecule has 0 spiro atoms. The highest BCUT2D eigenvalue weighted by atomic mass is 35.5. The summed E-state index contributed by atoms with van der Waals surface area (Å²) in [7, 11) is 0. The van der Waals surface area contributed by atoms with Crippen LogP contribution >= 0.6 is 11.6 Å². The van der Waals surface area contributed by atoms with Crippen molar-refractivity contribution in [2.45, 2.75) is 12.8 Å². The van der Waals surface area contributed by atoms with E-state index in [2.05, 4.69) is 10.2 Å². The van der Waals surface area contributed by atoms with Gasteiger partial charge in [0.05, 0.1) is 6.61 Å². The summed E-state index contributed by atoms with van der Waals surface area (Å²) in [5, 5.41) is 12.3. The summed E-state index contributed by atoms with van der Waals surface area (Å²) in [4.78, 5) is 28.1. The Labute approximate surface area is 147 Å². The monoisotopic (exact) mass is 353 g/mol. The van der Waals surface area contributed by atoms with E-state index >= 15 is 0 Å². The van der Waals surface area contributed by atoms with Gasteiger partial charge in [0.1, 0.15) is 0 Å². The number of amides is 2. The van der Waals surface area contributed by atoms with Gasteiger partial charge < -0.3 is 15.3 Å². The van der Waals surface area contributed by atoms with Gasteiger partial charge in [-0.25, -0.2) is 0 Å². The molecule has 7 heteroatoms. The fourth-order valence-corrected chi connectivity index (χ4v) is 2.79. The molecule has 1 aliphatic heterocycles. The lowest BCUT2D eigenvalue weighted by molar-refractivity contribution is -0.133. The molecule has 0 unspecified atom stereocenters. The Morgan fingerprint density at radius 1 is 1.12 bits per heavy atom. The maximum atomic E-state index is 12.1. The number of β-amino-alcohol motifs (C(OH)–C–C–N with tert-alkyl or cyclic N) is 1. The first-order valence-corrected chi connectivity index (χ1v) is 8.62. The van der Waals surface area contributed by atoms with Gasteiger partial charge in [-0.2, -0.15) is 0 Å². The van der Waals surface area contributed by atoms with Crippen molar-refractivity contribution in [3.63, 3.8) is 0 Å². The molecule has 2 N–H and O–H groups in total. The topological polar surface area (TPSA) is 72.9 Å². The minimum atomic E-state index is -0.156. The lowest BCUT2D eigenvalue weighted by atomic mass is 10.2. The first kappa shape index (κ1) is 18.7. The van der Waals surface area contributed by atoms with Crippen LogP contribution in [0.4, 0.5) is 0 Å². The van der Waals surface area contributed by atoms with Crippen molar-refractivity contribution in [2.75, 3.05) is 45.9 Å². The molecule has 1 fully saturated rings. The van der Waals surface area contributed by atoms with Crippen molar-refractivity contribution in [1.82, 2.24) is 15.1 Å². The summed E-state index contributed by atoms with van der Waals surface area (Å²) in [5.74, 6) is -0.0314. The van der Waals surface area contributed by atoms with Crippen LogP contribution in [0.2, 0.25) is 5.02 Å². The van der Waals surface area contributed by atoms with Gasteiger partial charge in [0.2, 0.25) is 5.91 Å². The minimum Gasteiger partial charge on any atom is -0.395 e. The Bertz CT molecular complexity index is 543. The Hall–Kier alpha value is -1.63. The molecule has 2 amide bonds. The van der Waals surface area contributed by atoms with Crippen LogP contribution in [-0.2, 0) is 4.79 Å². The zero-order valence-electron chi connectivity index (χ0n) is 13.7. The van der Waals surface area contributed by atoms with Crippen LogP contribution in [0, 0.1) is 0 Å². The van der Waals surface area contributed by atoms with Gasteiger partial charge in [0.15, 0.2) is 0 Å². The first-order chi connectivity index (χ1) is 11.6. The number of carbonyl (C=O) groups is 2.